The summed E-state index contributed by atoms with van der Waals surface area (Å²) in [5, 5.41) is 5.60. The topological polar surface area (TPSA) is 58.2 Å². The number of thioether (sulfide) groups is 1. The van der Waals surface area contributed by atoms with Crippen LogP contribution in [0.25, 0.3) is 0 Å². The molecule has 14 heavy (non-hydrogen) atoms. The lowest BCUT2D eigenvalue weighted by Crippen LogP contribution is -2.63. The molecule has 2 rings (SSSR count). The van der Waals surface area contributed by atoms with Crippen LogP contribution in [0, 0.1) is 0 Å². The molecule has 5 heteroatoms. The molecule has 78 valence electrons. The average molecular weight is 214 g/mol. The quantitative estimate of drug-likeness (QED) is 0.689. The zero-order valence-corrected chi connectivity index (χ0v) is 8.95. The second-order valence-electron chi connectivity index (χ2n) is 3.88. The summed E-state index contributed by atoms with van der Waals surface area (Å²) in [6.07, 6.45) is 4.29. The molecule has 2 amide bonds. The molecule has 0 bridgehead atoms. The van der Waals surface area contributed by atoms with Gasteiger partial charge < -0.3 is 10.6 Å². The zero-order valence-electron chi connectivity index (χ0n) is 8.13. The number of rotatable bonds is 3. The van der Waals surface area contributed by atoms with E-state index in [0.717, 1.165) is 25.0 Å². The normalized spacial score (nSPS) is 28.5. The summed E-state index contributed by atoms with van der Waals surface area (Å²) in [5.41, 5.74) is -0.521. The fraction of sp³-hybridized carbons (Fsp3) is 0.778. The Kier molecular flexibility index (Phi) is 2.43. The third-order valence-corrected chi connectivity index (χ3v) is 3.42. The van der Waals surface area contributed by atoms with Crippen molar-refractivity contribution in [3.63, 3.8) is 0 Å². The summed E-state index contributed by atoms with van der Waals surface area (Å²) >= 11 is 1.68. The largest absolute Gasteiger partial charge is 0.342 e. The molecule has 4 nitrogen and oxygen atoms in total. The van der Waals surface area contributed by atoms with Gasteiger partial charge in [-0.15, -0.1) is 0 Å². The van der Waals surface area contributed by atoms with Crippen LogP contribution in [0.4, 0.5) is 0 Å². The maximum Gasteiger partial charge on any atom is 0.246 e. The van der Waals surface area contributed by atoms with Crippen molar-refractivity contribution in [2.75, 3.05) is 12.0 Å². The molecule has 0 radical (unpaired) electrons. The van der Waals surface area contributed by atoms with E-state index in [1.807, 2.05) is 6.26 Å². The summed E-state index contributed by atoms with van der Waals surface area (Å²) < 4.78 is 0. The number of hydrogen-bond donors (Lipinski definition) is 2. The minimum atomic E-state index is -0.521. The molecule has 1 aliphatic carbocycles. The molecule has 0 aromatic carbocycles. The number of nitrogens with one attached hydrogen (secondary N) is 2. The van der Waals surface area contributed by atoms with Crippen LogP contribution < -0.4 is 10.6 Å². The molecule has 2 N–H and O–H groups in total. The zero-order chi connectivity index (χ0) is 10.2. The van der Waals surface area contributed by atoms with Gasteiger partial charge in [0.25, 0.3) is 0 Å². The first-order valence-electron chi connectivity index (χ1n) is 4.80. The number of amides is 2. The van der Waals surface area contributed by atoms with Gasteiger partial charge in [0.05, 0.1) is 0 Å². The van der Waals surface area contributed by atoms with E-state index in [4.69, 9.17) is 0 Å². The van der Waals surface area contributed by atoms with Gasteiger partial charge in [0, 0.05) is 0 Å². The molecule has 1 saturated heterocycles. The van der Waals surface area contributed by atoms with Crippen molar-refractivity contribution in [2.45, 2.75) is 30.8 Å². The fourth-order valence-corrected chi connectivity index (χ4v) is 2.13. The third-order valence-electron chi connectivity index (χ3n) is 2.78. The van der Waals surface area contributed by atoms with E-state index < -0.39 is 5.54 Å². The molecular weight excluding hydrogens is 200 g/mol. The van der Waals surface area contributed by atoms with Gasteiger partial charge in [-0.25, -0.2) is 0 Å². The molecule has 0 unspecified atom stereocenters. The highest BCUT2D eigenvalue weighted by molar-refractivity contribution is 7.98. The summed E-state index contributed by atoms with van der Waals surface area (Å²) in [7, 11) is 0. The summed E-state index contributed by atoms with van der Waals surface area (Å²) in [6.45, 7) is 0. The van der Waals surface area contributed by atoms with Crippen molar-refractivity contribution in [3.8, 4) is 0 Å². The number of hydrogen-bond acceptors (Lipinski definition) is 3. The van der Waals surface area contributed by atoms with E-state index in [2.05, 4.69) is 10.6 Å². The second kappa shape index (κ2) is 3.46. The SMILES string of the molecule is CSCC[C@@H]1NC(=O)C2(CC2)NC1=O. The van der Waals surface area contributed by atoms with Crippen molar-refractivity contribution >= 4 is 23.6 Å². The van der Waals surface area contributed by atoms with E-state index >= 15 is 0 Å². The van der Waals surface area contributed by atoms with Crippen LogP contribution in [0.3, 0.4) is 0 Å². The highest BCUT2D eigenvalue weighted by atomic mass is 32.2. The molecule has 2 aliphatic rings. The lowest BCUT2D eigenvalue weighted by atomic mass is 10.1. The summed E-state index contributed by atoms with van der Waals surface area (Å²) in [4.78, 5) is 23.1. The highest BCUT2D eigenvalue weighted by Gasteiger charge is 2.55. The van der Waals surface area contributed by atoms with E-state index in [0.29, 0.717) is 0 Å². The van der Waals surface area contributed by atoms with Crippen LogP contribution in [-0.4, -0.2) is 35.4 Å². The first-order chi connectivity index (χ1) is 6.68. The minimum Gasteiger partial charge on any atom is -0.342 e. The Balaban J connectivity index is 1.95. The first kappa shape index (κ1) is 9.83. The Morgan fingerprint density at radius 2 is 2.21 bits per heavy atom. The Bertz CT molecular complexity index is 276. The Labute approximate surface area is 87.2 Å². The molecule has 1 atom stereocenters. The van der Waals surface area contributed by atoms with Crippen LogP contribution in [0.2, 0.25) is 0 Å². The summed E-state index contributed by atoms with van der Waals surface area (Å²) in [6, 6.07) is -0.318. The maximum absolute atomic E-state index is 11.6. The second-order valence-corrected chi connectivity index (χ2v) is 4.86. The number of piperazine rings is 1. The Morgan fingerprint density at radius 3 is 2.79 bits per heavy atom. The van der Waals surface area contributed by atoms with Gasteiger partial charge in [-0.1, -0.05) is 0 Å². The van der Waals surface area contributed by atoms with E-state index in [-0.39, 0.29) is 17.9 Å². The van der Waals surface area contributed by atoms with Crippen molar-refractivity contribution in [1.29, 1.82) is 0 Å². The lowest BCUT2D eigenvalue weighted by Gasteiger charge is -2.29. The van der Waals surface area contributed by atoms with E-state index in [1.54, 1.807) is 11.8 Å². The molecule has 1 spiro atoms. The van der Waals surface area contributed by atoms with E-state index in [9.17, 15) is 9.59 Å². The van der Waals surface area contributed by atoms with Crippen LogP contribution in [0.5, 0.6) is 0 Å². The maximum atomic E-state index is 11.6. The Hall–Kier alpha value is -0.710. The van der Waals surface area contributed by atoms with E-state index in [1.165, 1.54) is 0 Å². The monoisotopic (exact) mass is 214 g/mol. The van der Waals surface area contributed by atoms with Gasteiger partial charge in [0.15, 0.2) is 0 Å². The minimum absolute atomic E-state index is 0.00297. The predicted octanol–water partition coefficient (Wildman–Crippen LogP) is -0.113. The van der Waals surface area contributed by atoms with Gasteiger partial charge in [0.2, 0.25) is 11.8 Å². The molecule has 2 fully saturated rings. The standard InChI is InChI=1S/C9H14N2O2S/c1-14-5-2-6-7(12)11-9(3-4-9)8(13)10-6/h6H,2-5H2,1H3,(H,10,13)(H,11,12)/t6-/m0/s1. The van der Waals surface area contributed by atoms with Crippen molar-refractivity contribution in [3.05, 3.63) is 0 Å². The molecular formula is C9H14N2O2S. The smallest absolute Gasteiger partial charge is 0.246 e. The van der Waals surface area contributed by atoms with Crippen LogP contribution in [0.15, 0.2) is 0 Å². The van der Waals surface area contributed by atoms with Gasteiger partial charge in [0.1, 0.15) is 11.6 Å². The van der Waals surface area contributed by atoms with Gasteiger partial charge in [-0.2, -0.15) is 11.8 Å². The van der Waals surface area contributed by atoms with Gasteiger partial charge in [-0.05, 0) is 31.3 Å². The summed E-state index contributed by atoms with van der Waals surface area (Å²) in [5.74, 6) is 0.880. The Morgan fingerprint density at radius 1 is 1.50 bits per heavy atom. The highest BCUT2D eigenvalue weighted by Crippen LogP contribution is 2.37. The lowest BCUT2D eigenvalue weighted by molar-refractivity contribution is -0.137. The fourth-order valence-electron chi connectivity index (χ4n) is 1.66. The molecule has 1 saturated carbocycles. The molecule has 0 aromatic rings. The van der Waals surface area contributed by atoms with Crippen molar-refractivity contribution in [2.24, 2.45) is 0 Å². The van der Waals surface area contributed by atoms with Crippen molar-refractivity contribution < 1.29 is 9.59 Å². The average Bonchev–Trinajstić information content (AvgIpc) is 2.91. The third kappa shape index (κ3) is 1.61. The van der Waals surface area contributed by atoms with Crippen LogP contribution >= 0.6 is 11.8 Å². The predicted molar refractivity (Wildman–Crippen MR) is 55.0 cm³/mol. The molecule has 0 aromatic heterocycles. The van der Waals surface area contributed by atoms with Crippen LogP contribution in [0.1, 0.15) is 19.3 Å². The number of carbonyl (C=O) groups is 2. The van der Waals surface area contributed by atoms with Crippen molar-refractivity contribution in [1.82, 2.24) is 10.6 Å². The first-order valence-corrected chi connectivity index (χ1v) is 6.19. The molecule has 1 aliphatic heterocycles. The van der Waals surface area contributed by atoms with Gasteiger partial charge >= 0.3 is 0 Å². The van der Waals surface area contributed by atoms with Gasteiger partial charge in [-0.3, -0.25) is 9.59 Å². The van der Waals surface area contributed by atoms with Crippen LogP contribution in [-0.2, 0) is 9.59 Å². The molecule has 1 heterocycles. The number of carbonyl (C=O) groups excluding carboxylic acids is 2.